The zero-order chi connectivity index (χ0) is 13.5. The first-order valence-corrected chi connectivity index (χ1v) is 7.21. The summed E-state index contributed by atoms with van der Waals surface area (Å²) in [5.41, 5.74) is 0.762. The van der Waals surface area contributed by atoms with Gasteiger partial charge in [-0.2, -0.15) is 0 Å². The molecule has 1 atom stereocenters. The van der Waals surface area contributed by atoms with E-state index in [1.54, 1.807) is 6.07 Å². The van der Waals surface area contributed by atoms with Crippen molar-refractivity contribution in [1.82, 2.24) is 5.32 Å². The molecule has 100 valence electrons. The molecule has 0 bridgehead atoms. The molecule has 1 rings (SSSR count). The Labute approximate surface area is 121 Å². The number of amides is 1. The molecule has 0 aromatic heterocycles. The van der Waals surface area contributed by atoms with Crippen molar-refractivity contribution in [3.8, 4) is 0 Å². The van der Waals surface area contributed by atoms with Crippen molar-refractivity contribution in [2.75, 3.05) is 11.9 Å². The van der Waals surface area contributed by atoms with Crippen LogP contribution in [0.1, 0.15) is 26.7 Å². The standard InChI is InChI=1S/C13H18BrClN2O/c1-3-4-7-16-13(18)9(2)17-12-6-5-10(14)8-11(12)15/h5-6,8-9,17H,3-4,7H2,1-2H3,(H,16,18). The molecule has 0 saturated carbocycles. The van der Waals surface area contributed by atoms with Gasteiger partial charge >= 0.3 is 0 Å². The average Bonchev–Trinajstić information content (AvgIpc) is 2.32. The van der Waals surface area contributed by atoms with Gasteiger partial charge in [0.2, 0.25) is 5.91 Å². The monoisotopic (exact) mass is 332 g/mol. The van der Waals surface area contributed by atoms with Crippen LogP contribution in [0.4, 0.5) is 5.69 Å². The minimum absolute atomic E-state index is 0.0116. The molecule has 0 radical (unpaired) electrons. The van der Waals surface area contributed by atoms with E-state index in [9.17, 15) is 4.79 Å². The highest BCUT2D eigenvalue weighted by Gasteiger charge is 2.13. The summed E-state index contributed by atoms with van der Waals surface area (Å²) < 4.78 is 0.915. The van der Waals surface area contributed by atoms with Gasteiger partial charge in [-0.1, -0.05) is 40.9 Å². The Morgan fingerprint density at radius 1 is 1.50 bits per heavy atom. The molecule has 18 heavy (non-hydrogen) atoms. The van der Waals surface area contributed by atoms with Crippen LogP contribution < -0.4 is 10.6 Å². The van der Waals surface area contributed by atoms with Crippen LogP contribution in [0.5, 0.6) is 0 Å². The van der Waals surface area contributed by atoms with Gasteiger partial charge in [-0.05, 0) is 31.5 Å². The van der Waals surface area contributed by atoms with Crippen LogP contribution in [-0.2, 0) is 4.79 Å². The van der Waals surface area contributed by atoms with Crippen molar-refractivity contribution < 1.29 is 4.79 Å². The fourth-order valence-corrected chi connectivity index (χ4v) is 2.17. The number of hydrogen-bond acceptors (Lipinski definition) is 2. The third-order valence-corrected chi connectivity index (χ3v) is 3.33. The molecule has 1 aromatic carbocycles. The summed E-state index contributed by atoms with van der Waals surface area (Å²) in [4.78, 5) is 11.8. The Bertz CT molecular complexity index is 412. The van der Waals surface area contributed by atoms with E-state index in [-0.39, 0.29) is 11.9 Å². The predicted octanol–water partition coefficient (Wildman–Crippen LogP) is 3.82. The maximum absolute atomic E-state index is 11.8. The van der Waals surface area contributed by atoms with Gasteiger partial charge in [0.25, 0.3) is 0 Å². The quantitative estimate of drug-likeness (QED) is 0.777. The molecule has 2 N–H and O–H groups in total. The predicted molar refractivity (Wildman–Crippen MR) is 80.2 cm³/mol. The number of benzene rings is 1. The zero-order valence-corrected chi connectivity index (χ0v) is 12.9. The van der Waals surface area contributed by atoms with Crippen molar-refractivity contribution in [2.24, 2.45) is 0 Å². The molecule has 5 heteroatoms. The zero-order valence-electron chi connectivity index (χ0n) is 10.6. The van der Waals surface area contributed by atoms with Crippen molar-refractivity contribution >= 4 is 39.1 Å². The van der Waals surface area contributed by atoms with E-state index in [0.717, 1.165) is 29.5 Å². The van der Waals surface area contributed by atoms with Crippen molar-refractivity contribution in [3.63, 3.8) is 0 Å². The third kappa shape index (κ3) is 4.86. The van der Waals surface area contributed by atoms with Gasteiger partial charge in [0, 0.05) is 11.0 Å². The normalized spacial score (nSPS) is 12.0. The summed E-state index contributed by atoms with van der Waals surface area (Å²) in [6, 6.07) is 5.23. The summed E-state index contributed by atoms with van der Waals surface area (Å²) >= 11 is 9.42. The molecule has 0 aliphatic carbocycles. The van der Waals surface area contributed by atoms with Gasteiger partial charge in [-0.3, -0.25) is 4.79 Å². The van der Waals surface area contributed by atoms with Gasteiger partial charge in [-0.15, -0.1) is 0 Å². The highest BCUT2D eigenvalue weighted by atomic mass is 79.9. The first-order chi connectivity index (χ1) is 8.54. The van der Waals surface area contributed by atoms with Crippen LogP contribution in [0, 0.1) is 0 Å². The molecule has 0 heterocycles. The number of unbranched alkanes of at least 4 members (excludes halogenated alkanes) is 1. The largest absolute Gasteiger partial charge is 0.373 e. The number of carbonyl (C=O) groups excluding carboxylic acids is 1. The molecular formula is C13H18BrClN2O. The fourth-order valence-electron chi connectivity index (χ4n) is 1.45. The summed E-state index contributed by atoms with van der Waals surface area (Å²) in [5.74, 6) is -0.0116. The number of halogens is 2. The smallest absolute Gasteiger partial charge is 0.242 e. The van der Waals surface area contributed by atoms with E-state index in [1.807, 2.05) is 19.1 Å². The Kier molecular flexibility index (Phi) is 6.50. The van der Waals surface area contributed by atoms with Crippen LogP contribution in [-0.4, -0.2) is 18.5 Å². The SMILES string of the molecule is CCCCNC(=O)C(C)Nc1ccc(Br)cc1Cl. The summed E-state index contributed by atoms with van der Waals surface area (Å²) in [6.07, 6.45) is 2.07. The van der Waals surface area contributed by atoms with Gasteiger partial charge < -0.3 is 10.6 Å². The van der Waals surface area contributed by atoms with Crippen molar-refractivity contribution in [2.45, 2.75) is 32.7 Å². The van der Waals surface area contributed by atoms with Crippen LogP contribution in [0.25, 0.3) is 0 Å². The molecule has 3 nitrogen and oxygen atoms in total. The van der Waals surface area contributed by atoms with Crippen LogP contribution in [0.2, 0.25) is 5.02 Å². The summed E-state index contributed by atoms with van der Waals surface area (Å²) in [6.45, 7) is 4.63. The second kappa shape index (κ2) is 7.64. The van der Waals surface area contributed by atoms with Crippen molar-refractivity contribution in [3.05, 3.63) is 27.7 Å². The lowest BCUT2D eigenvalue weighted by molar-refractivity contribution is -0.121. The third-order valence-electron chi connectivity index (χ3n) is 2.53. The van der Waals surface area contributed by atoms with Crippen LogP contribution >= 0.6 is 27.5 Å². The van der Waals surface area contributed by atoms with Crippen LogP contribution in [0.15, 0.2) is 22.7 Å². The van der Waals surface area contributed by atoms with Gasteiger partial charge in [0.1, 0.15) is 6.04 Å². The van der Waals surface area contributed by atoms with Gasteiger partial charge in [0.05, 0.1) is 10.7 Å². The van der Waals surface area contributed by atoms with E-state index in [1.165, 1.54) is 0 Å². The molecule has 0 fully saturated rings. The summed E-state index contributed by atoms with van der Waals surface area (Å²) in [5, 5.41) is 6.57. The number of anilines is 1. The first-order valence-electron chi connectivity index (χ1n) is 6.04. The minimum Gasteiger partial charge on any atom is -0.373 e. The Hall–Kier alpha value is -0.740. The van der Waals surface area contributed by atoms with Crippen LogP contribution in [0.3, 0.4) is 0 Å². The van der Waals surface area contributed by atoms with E-state index in [0.29, 0.717) is 5.02 Å². The number of carbonyl (C=O) groups is 1. The average molecular weight is 334 g/mol. The van der Waals surface area contributed by atoms with E-state index in [2.05, 4.69) is 33.5 Å². The molecule has 1 amide bonds. The second-order valence-corrected chi connectivity index (χ2v) is 5.46. The molecule has 0 aliphatic heterocycles. The van der Waals surface area contributed by atoms with E-state index < -0.39 is 0 Å². The lowest BCUT2D eigenvalue weighted by Crippen LogP contribution is -2.38. The fraction of sp³-hybridized carbons (Fsp3) is 0.462. The maximum Gasteiger partial charge on any atom is 0.242 e. The Morgan fingerprint density at radius 3 is 2.83 bits per heavy atom. The lowest BCUT2D eigenvalue weighted by Gasteiger charge is -2.16. The highest BCUT2D eigenvalue weighted by Crippen LogP contribution is 2.26. The topological polar surface area (TPSA) is 41.1 Å². The molecule has 1 unspecified atom stereocenters. The summed E-state index contributed by atoms with van der Waals surface area (Å²) in [7, 11) is 0. The minimum atomic E-state index is -0.305. The molecular weight excluding hydrogens is 316 g/mol. The van der Waals surface area contributed by atoms with Gasteiger partial charge in [-0.25, -0.2) is 0 Å². The molecule has 1 aromatic rings. The molecule has 0 spiro atoms. The lowest BCUT2D eigenvalue weighted by atomic mass is 10.2. The number of hydrogen-bond donors (Lipinski definition) is 2. The highest BCUT2D eigenvalue weighted by molar-refractivity contribution is 9.10. The Morgan fingerprint density at radius 2 is 2.22 bits per heavy atom. The molecule has 0 saturated heterocycles. The van der Waals surface area contributed by atoms with Crippen molar-refractivity contribution in [1.29, 1.82) is 0 Å². The second-order valence-electron chi connectivity index (χ2n) is 4.13. The molecule has 0 aliphatic rings. The van der Waals surface area contributed by atoms with E-state index in [4.69, 9.17) is 11.6 Å². The first kappa shape index (κ1) is 15.3. The number of nitrogens with one attached hydrogen (secondary N) is 2. The van der Waals surface area contributed by atoms with E-state index >= 15 is 0 Å². The Balaban J connectivity index is 2.53. The van der Waals surface area contributed by atoms with Gasteiger partial charge in [0.15, 0.2) is 0 Å². The number of rotatable bonds is 6. The maximum atomic E-state index is 11.8.